The largest absolute Gasteiger partial charge is 0.347 e. The Bertz CT molecular complexity index is 618. The van der Waals surface area contributed by atoms with Gasteiger partial charge in [-0.25, -0.2) is 0 Å². The van der Waals surface area contributed by atoms with E-state index in [1.165, 1.54) is 5.56 Å². The van der Waals surface area contributed by atoms with Crippen LogP contribution in [0, 0.1) is 0 Å². The summed E-state index contributed by atoms with van der Waals surface area (Å²) in [5.41, 5.74) is 1.95. The van der Waals surface area contributed by atoms with E-state index >= 15 is 0 Å². The molecular formula is C16H17ClN2O. The van der Waals surface area contributed by atoms with Crippen LogP contribution in [-0.4, -0.2) is 16.5 Å². The number of benzene rings is 1. The number of aryl methyl sites for hydroxylation is 1. The van der Waals surface area contributed by atoms with Crippen LogP contribution >= 0.6 is 11.6 Å². The van der Waals surface area contributed by atoms with Gasteiger partial charge in [-0.15, -0.1) is 0 Å². The Kier molecular flexibility index (Phi) is 3.53. The first-order valence-corrected chi connectivity index (χ1v) is 7.20. The van der Waals surface area contributed by atoms with Crippen LogP contribution in [0.2, 0.25) is 5.02 Å². The smallest absolute Gasteiger partial charge is 0.268 e. The van der Waals surface area contributed by atoms with Crippen molar-refractivity contribution in [1.29, 1.82) is 0 Å². The van der Waals surface area contributed by atoms with Gasteiger partial charge in [0.05, 0.1) is 0 Å². The van der Waals surface area contributed by atoms with Crippen molar-refractivity contribution in [3.63, 3.8) is 0 Å². The van der Waals surface area contributed by atoms with Gasteiger partial charge in [-0.3, -0.25) is 4.79 Å². The third kappa shape index (κ3) is 2.46. The number of carbonyl (C=O) groups excluding carboxylic acids is 1. The second-order valence-electron chi connectivity index (χ2n) is 5.32. The number of hydrogen-bond donors (Lipinski definition) is 1. The zero-order chi connectivity index (χ0) is 14.1. The lowest BCUT2D eigenvalue weighted by Crippen LogP contribution is -2.45. The molecule has 3 rings (SSSR count). The number of carbonyl (C=O) groups is 1. The van der Waals surface area contributed by atoms with Gasteiger partial charge in [0, 0.05) is 30.2 Å². The zero-order valence-corrected chi connectivity index (χ0v) is 12.1. The Morgan fingerprint density at radius 3 is 2.55 bits per heavy atom. The van der Waals surface area contributed by atoms with Crippen LogP contribution in [0.3, 0.4) is 0 Å². The molecule has 0 radical (unpaired) electrons. The first-order chi connectivity index (χ1) is 9.65. The molecule has 1 heterocycles. The molecule has 1 amide bonds. The summed E-state index contributed by atoms with van der Waals surface area (Å²) in [5.74, 6) is 0.401. The minimum Gasteiger partial charge on any atom is -0.347 e. The van der Waals surface area contributed by atoms with Crippen molar-refractivity contribution >= 4 is 17.5 Å². The molecule has 0 bridgehead atoms. The van der Waals surface area contributed by atoms with Gasteiger partial charge in [0.25, 0.3) is 5.91 Å². The number of rotatable bonds is 3. The molecule has 1 fully saturated rings. The Morgan fingerprint density at radius 2 is 2.00 bits per heavy atom. The fraction of sp³-hybridized carbons (Fsp3) is 0.312. The molecular weight excluding hydrogens is 272 g/mol. The number of amides is 1. The first kappa shape index (κ1) is 13.3. The third-order valence-electron chi connectivity index (χ3n) is 4.07. The molecule has 1 saturated carbocycles. The number of hydrogen-bond acceptors (Lipinski definition) is 1. The molecule has 2 aromatic rings. The van der Waals surface area contributed by atoms with E-state index in [-0.39, 0.29) is 11.9 Å². The van der Waals surface area contributed by atoms with E-state index in [0.29, 0.717) is 11.6 Å². The fourth-order valence-electron chi connectivity index (χ4n) is 2.72. The first-order valence-electron chi connectivity index (χ1n) is 6.83. The van der Waals surface area contributed by atoms with E-state index < -0.39 is 0 Å². The molecule has 4 heteroatoms. The van der Waals surface area contributed by atoms with Crippen LogP contribution in [0.5, 0.6) is 0 Å². The molecule has 0 saturated heterocycles. The summed E-state index contributed by atoms with van der Waals surface area (Å²) in [6, 6.07) is 11.9. The number of nitrogens with zero attached hydrogens (tertiary/aromatic N) is 1. The molecule has 0 unspecified atom stereocenters. The van der Waals surface area contributed by atoms with E-state index in [0.717, 1.165) is 17.9 Å². The number of nitrogens with one attached hydrogen (secondary N) is 1. The average Bonchev–Trinajstić information content (AvgIpc) is 2.83. The maximum Gasteiger partial charge on any atom is 0.268 e. The van der Waals surface area contributed by atoms with E-state index in [4.69, 9.17) is 11.6 Å². The second-order valence-corrected chi connectivity index (χ2v) is 5.76. The molecule has 104 valence electrons. The quantitative estimate of drug-likeness (QED) is 0.923. The van der Waals surface area contributed by atoms with E-state index in [1.807, 2.05) is 54.2 Å². The summed E-state index contributed by atoms with van der Waals surface area (Å²) in [6.45, 7) is 0. The van der Waals surface area contributed by atoms with Crippen molar-refractivity contribution in [3.8, 4) is 0 Å². The van der Waals surface area contributed by atoms with Crippen molar-refractivity contribution in [2.45, 2.75) is 24.8 Å². The van der Waals surface area contributed by atoms with Crippen LogP contribution in [0.15, 0.2) is 42.6 Å². The van der Waals surface area contributed by atoms with Crippen molar-refractivity contribution in [3.05, 3.63) is 58.9 Å². The van der Waals surface area contributed by atoms with Crippen LogP contribution < -0.4 is 5.32 Å². The molecule has 0 spiro atoms. The molecule has 1 aliphatic rings. The van der Waals surface area contributed by atoms with Gasteiger partial charge in [-0.1, -0.05) is 23.7 Å². The lowest BCUT2D eigenvalue weighted by atomic mass is 9.75. The third-order valence-corrected chi connectivity index (χ3v) is 4.32. The van der Waals surface area contributed by atoms with E-state index in [1.54, 1.807) is 0 Å². The van der Waals surface area contributed by atoms with Crippen LogP contribution in [0.25, 0.3) is 0 Å². The molecule has 1 aliphatic carbocycles. The number of aromatic nitrogens is 1. The summed E-state index contributed by atoms with van der Waals surface area (Å²) in [7, 11) is 1.88. The maximum absolute atomic E-state index is 12.2. The molecule has 2 atom stereocenters. The number of halogens is 1. The topological polar surface area (TPSA) is 34.0 Å². The SMILES string of the molecule is Cn1cccc1C(=O)N[C@H]1CC[C@H]1c1ccc(Cl)cc1. The van der Waals surface area contributed by atoms with Crippen LogP contribution in [0.1, 0.15) is 34.8 Å². The van der Waals surface area contributed by atoms with Gasteiger partial charge >= 0.3 is 0 Å². The van der Waals surface area contributed by atoms with E-state index in [2.05, 4.69) is 5.32 Å². The molecule has 1 N–H and O–H groups in total. The summed E-state index contributed by atoms with van der Waals surface area (Å²) in [4.78, 5) is 12.2. The predicted molar refractivity (Wildman–Crippen MR) is 80.1 cm³/mol. The highest BCUT2D eigenvalue weighted by atomic mass is 35.5. The lowest BCUT2D eigenvalue weighted by Gasteiger charge is -2.37. The molecule has 20 heavy (non-hydrogen) atoms. The van der Waals surface area contributed by atoms with Gasteiger partial charge in [0.2, 0.25) is 0 Å². The van der Waals surface area contributed by atoms with Crippen molar-refractivity contribution in [2.75, 3.05) is 0 Å². The zero-order valence-electron chi connectivity index (χ0n) is 11.3. The normalized spacial score (nSPS) is 21.3. The van der Waals surface area contributed by atoms with Gasteiger partial charge in [0.15, 0.2) is 0 Å². The monoisotopic (exact) mass is 288 g/mol. The van der Waals surface area contributed by atoms with Crippen LogP contribution in [-0.2, 0) is 7.05 Å². The Balaban J connectivity index is 1.68. The summed E-state index contributed by atoms with van der Waals surface area (Å²) in [6.07, 6.45) is 4.02. The summed E-state index contributed by atoms with van der Waals surface area (Å²) in [5, 5.41) is 3.88. The highest BCUT2D eigenvalue weighted by Crippen LogP contribution is 2.37. The highest BCUT2D eigenvalue weighted by Gasteiger charge is 2.33. The predicted octanol–water partition coefficient (Wildman–Crippen LogP) is 3.35. The molecule has 3 nitrogen and oxygen atoms in total. The Labute approximate surface area is 123 Å². The standard InChI is InChI=1S/C16H17ClN2O/c1-19-10-2-3-15(19)16(20)18-14-9-8-13(14)11-4-6-12(17)7-5-11/h2-7,10,13-14H,8-9H2,1H3,(H,18,20)/t13-,14-/m0/s1. The Morgan fingerprint density at radius 1 is 1.25 bits per heavy atom. The van der Waals surface area contributed by atoms with Crippen molar-refractivity contribution in [2.24, 2.45) is 7.05 Å². The summed E-state index contributed by atoms with van der Waals surface area (Å²) >= 11 is 5.91. The fourth-order valence-corrected chi connectivity index (χ4v) is 2.85. The van der Waals surface area contributed by atoms with Gasteiger partial charge in [-0.2, -0.15) is 0 Å². The van der Waals surface area contributed by atoms with E-state index in [9.17, 15) is 4.79 Å². The van der Waals surface area contributed by atoms with Crippen LogP contribution in [0.4, 0.5) is 0 Å². The maximum atomic E-state index is 12.2. The average molecular weight is 289 g/mol. The highest BCUT2D eigenvalue weighted by molar-refractivity contribution is 6.30. The van der Waals surface area contributed by atoms with Gasteiger partial charge in [-0.05, 0) is 42.7 Å². The van der Waals surface area contributed by atoms with Crippen molar-refractivity contribution < 1.29 is 4.79 Å². The van der Waals surface area contributed by atoms with Gasteiger partial charge in [0.1, 0.15) is 5.69 Å². The van der Waals surface area contributed by atoms with Crippen molar-refractivity contribution in [1.82, 2.24) is 9.88 Å². The minimum absolute atomic E-state index is 0.00108. The lowest BCUT2D eigenvalue weighted by molar-refractivity contribution is 0.0896. The minimum atomic E-state index is 0.00108. The van der Waals surface area contributed by atoms with Gasteiger partial charge < -0.3 is 9.88 Å². The second kappa shape index (κ2) is 5.33. The Hall–Kier alpha value is -1.74. The molecule has 0 aliphatic heterocycles. The summed E-state index contributed by atoms with van der Waals surface area (Å²) < 4.78 is 1.84. The molecule has 1 aromatic heterocycles. The molecule has 1 aromatic carbocycles.